The first-order valence-corrected chi connectivity index (χ1v) is 7.91. The van der Waals surface area contributed by atoms with E-state index in [9.17, 15) is 8.78 Å². The molecular formula is C19H17F2NO3. The van der Waals surface area contributed by atoms with Crippen molar-refractivity contribution in [1.82, 2.24) is 0 Å². The summed E-state index contributed by atoms with van der Waals surface area (Å²) in [5, 5.41) is 9.14. The first kappa shape index (κ1) is 17.0. The van der Waals surface area contributed by atoms with Crippen LogP contribution in [-0.4, -0.2) is 12.9 Å². The van der Waals surface area contributed by atoms with Gasteiger partial charge in [-0.3, -0.25) is 0 Å². The van der Waals surface area contributed by atoms with E-state index >= 15 is 0 Å². The van der Waals surface area contributed by atoms with Gasteiger partial charge in [-0.25, -0.2) is 0 Å². The average Bonchev–Trinajstić information content (AvgIpc) is 2.88. The summed E-state index contributed by atoms with van der Waals surface area (Å²) in [4.78, 5) is 0. The van der Waals surface area contributed by atoms with Crippen molar-refractivity contribution in [3.8, 4) is 23.3 Å². The van der Waals surface area contributed by atoms with Gasteiger partial charge in [-0.15, -0.1) is 8.78 Å². The van der Waals surface area contributed by atoms with Crippen molar-refractivity contribution in [2.75, 3.05) is 6.61 Å². The van der Waals surface area contributed by atoms with Crippen molar-refractivity contribution in [3.05, 3.63) is 53.1 Å². The van der Waals surface area contributed by atoms with Gasteiger partial charge in [0.2, 0.25) is 0 Å². The molecule has 1 atom stereocenters. The predicted molar refractivity (Wildman–Crippen MR) is 87.1 cm³/mol. The number of ether oxygens (including phenoxy) is 3. The number of nitrogens with zero attached hydrogens (tertiary/aromatic N) is 1. The van der Waals surface area contributed by atoms with E-state index in [0.717, 1.165) is 11.1 Å². The van der Waals surface area contributed by atoms with Crippen molar-refractivity contribution >= 4 is 0 Å². The van der Waals surface area contributed by atoms with Gasteiger partial charge in [0.15, 0.2) is 11.5 Å². The van der Waals surface area contributed by atoms with Crippen LogP contribution in [0.15, 0.2) is 36.4 Å². The Kier molecular flexibility index (Phi) is 4.49. The fourth-order valence-corrected chi connectivity index (χ4v) is 2.64. The van der Waals surface area contributed by atoms with Crippen LogP contribution in [-0.2, 0) is 0 Å². The number of hydrogen-bond donors (Lipinski definition) is 0. The third kappa shape index (κ3) is 3.82. The molecule has 0 aromatic heterocycles. The molecule has 1 aliphatic heterocycles. The van der Waals surface area contributed by atoms with Crippen LogP contribution in [0.25, 0.3) is 0 Å². The molecule has 2 aromatic carbocycles. The van der Waals surface area contributed by atoms with Gasteiger partial charge in [0.05, 0.1) is 12.2 Å². The Bertz CT molecular complexity index is 830. The van der Waals surface area contributed by atoms with Crippen LogP contribution in [0.1, 0.15) is 36.0 Å². The third-order valence-electron chi connectivity index (χ3n) is 4.06. The second-order valence-corrected chi connectivity index (χ2v) is 6.02. The van der Waals surface area contributed by atoms with Crippen LogP contribution >= 0.6 is 0 Å². The second kappa shape index (κ2) is 6.60. The Labute approximate surface area is 144 Å². The number of nitriles is 1. The summed E-state index contributed by atoms with van der Waals surface area (Å²) in [6, 6.07) is 12.3. The topological polar surface area (TPSA) is 51.5 Å². The van der Waals surface area contributed by atoms with E-state index in [1.54, 1.807) is 24.3 Å². The van der Waals surface area contributed by atoms with Gasteiger partial charge >= 0.3 is 6.29 Å². The van der Waals surface area contributed by atoms with Crippen LogP contribution in [0.3, 0.4) is 0 Å². The maximum absolute atomic E-state index is 13.1. The highest BCUT2D eigenvalue weighted by Crippen LogP contribution is 2.42. The lowest BCUT2D eigenvalue weighted by molar-refractivity contribution is -0.286. The Balaban J connectivity index is 1.61. The number of benzene rings is 2. The largest absolute Gasteiger partial charge is 0.586 e. The zero-order valence-corrected chi connectivity index (χ0v) is 13.9. The van der Waals surface area contributed by atoms with Crippen LogP contribution in [0.4, 0.5) is 8.78 Å². The van der Waals surface area contributed by atoms with Gasteiger partial charge in [-0.2, -0.15) is 5.26 Å². The molecule has 2 aromatic rings. The summed E-state index contributed by atoms with van der Waals surface area (Å²) < 4.78 is 40.7. The van der Waals surface area contributed by atoms with Gasteiger partial charge < -0.3 is 14.2 Å². The quantitative estimate of drug-likeness (QED) is 0.784. The molecular weight excluding hydrogens is 328 g/mol. The third-order valence-corrected chi connectivity index (χ3v) is 4.06. The monoisotopic (exact) mass is 345 g/mol. The van der Waals surface area contributed by atoms with Crippen molar-refractivity contribution in [2.45, 2.75) is 32.5 Å². The minimum atomic E-state index is -3.60. The highest BCUT2D eigenvalue weighted by atomic mass is 19.3. The van der Waals surface area contributed by atoms with Crippen molar-refractivity contribution < 1.29 is 23.0 Å². The van der Waals surface area contributed by atoms with Crippen LogP contribution in [0.2, 0.25) is 0 Å². The molecule has 0 radical (unpaired) electrons. The summed E-state index contributed by atoms with van der Waals surface area (Å²) >= 11 is 0. The Morgan fingerprint density at radius 3 is 2.68 bits per heavy atom. The molecule has 4 nitrogen and oxygen atoms in total. The number of aryl methyl sites for hydroxylation is 1. The predicted octanol–water partition coefficient (Wildman–Crippen LogP) is 4.76. The molecule has 130 valence electrons. The molecule has 0 saturated heterocycles. The summed E-state index contributed by atoms with van der Waals surface area (Å²) in [6.45, 7) is 4.29. The minimum absolute atomic E-state index is 0.0375. The molecule has 1 heterocycles. The summed E-state index contributed by atoms with van der Waals surface area (Å²) in [5.74, 6) is 0.695. The Morgan fingerprint density at radius 1 is 1.16 bits per heavy atom. The van der Waals surface area contributed by atoms with E-state index in [1.807, 2.05) is 19.9 Å². The normalized spacial score (nSPS) is 15.5. The smallest absolute Gasteiger partial charge is 0.492 e. The number of rotatable bonds is 5. The minimum Gasteiger partial charge on any atom is -0.492 e. The molecule has 3 rings (SSSR count). The van der Waals surface area contributed by atoms with Crippen molar-refractivity contribution in [3.63, 3.8) is 0 Å². The molecule has 0 N–H and O–H groups in total. The van der Waals surface area contributed by atoms with Gasteiger partial charge in [0, 0.05) is 0 Å². The molecule has 1 unspecified atom stereocenters. The van der Waals surface area contributed by atoms with Gasteiger partial charge in [0.1, 0.15) is 11.8 Å². The Morgan fingerprint density at radius 2 is 1.92 bits per heavy atom. The van der Waals surface area contributed by atoms with E-state index in [1.165, 1.54) is 6.07 Å². The number of hydrogen-bond acceptors (Lipinski definition) is 4. The lowest BCUT2D eigenvalue weighted by atomic mass is 9.98. The van der Waals surface area contributed by atoms with Crippen LogP contribution in [0, 0.1) is 18.3 Å². The summed E-state index contributed by atoms with van der Waals surface area (Å²) in [5.41, 5.74) is 2.35. The van der Waals surface area contributed by atoms with Crippen molar-refractivity contribution in [1.29, 1.82) is 5.26 Å². The molecule has 6 heteroatoms. The zero-order valence-electron chi connectivity index (χ0n) is 13.9. The lowest BCUT2D eigenvalue weighted by Crippen LogP contribution is -2.25. The maximum Gasteiger partial charge on any atom is 0.586 e. The highest BCUT2D eigenvalue weighted by Gasteiger charge is 2.43. The Hall–Kier alpha value is -2.81. The van der Waals surface area contributed by atoms with Gasteiger partial charge in [0.25, 0.3) is 0 Å². The summed E-state index contributed by atoms with van der Waals surface area (Å²) in [7, 11) is 0. The molecule has 0 fully saturated rings. The molecule has 0 spiro atoms. The van der Waals surface area contributed by atoms with Crippen molar-refractivity contribution in [2.24, 2.45) is 0 Å². The van der Waals surface area contributed by atoms with Crippen LogP contribution < -0.4 is 14.2 Å². The molecule has 25 heavy (non-hydrogen) atoms. The van der Waals surface area contributed by atoms with E-state index in [2.05, 4.69) is 15.5 Å². The first-order valence-electron chi connectivity index (χ1n) is 7.91. The van der Waals surface area contributed by atoms with E-state index < -0.39 is 6.29 Å². The van der Waals surface area contributed by atoms with Crippen LogP contribution in [0.5, 0.6) is 17.2 Å². The molecule has 0 saturated carbocycles. The fourth-order valence-electron chi connectivity index (χ4n) is 2.64. The number of halogens is 2. The number of fused-ring (bicyclic) bond motifs is 1. The average molecular weight is 345 g/mol. The zero-order chi connectivity index (χ0) is 18.0. The van der Waals surface area contributed by atoms with Gasteiger partial charge in [-0.1, -0.05) is 19.1 Å². The molecule has 0 amide bonds. The van der Waals surface area contributed by atoms with Gasteiger partial charge in [-0.05, 0) is 54.7 Å². The highest BCUT2D eigenvalue weighted by molar-refractivity contribution is 5.46. The lowest BCUT2D eigenvalue weighted by Gasteiger charge is -2.14. The molecule has 0 aliphatic carbocycles. The maximum atomic E-state index is 13.1. The van der Waals surface area contributed by atoms with E-state index in [4.69, 9.17) is 10.00 Å². The summed E-state index contributed by atoms with van der Waals surface area (Å²) in [6.07, 6.45) is -2.94. The standard InChI is InChI=1S/C19H17F2NO3/c1-12-3-5-16(15(9-12)11-22)23-8-7-13(2)14-4-6-17-18(10-14)25-19(20,21)24-17/h3-6,9-10,13H,7-8H2,1-2H3. The molecule has 1 aliphatic rings. The first-order chi connectivity index (χ1) is 11.9. The molecule has 0 bridgehead atoms. The van der Waals surface area contributed by atoms with E-state index in [0.29, 0.717) is 24.3 Å². The second-order valence-electron chi connectivity index (χ2n) is 6.02. The van der Waals surface area contributed by atoms with E-state index in [-0.39, 0.29) is 17.4 Å². The number of alkyl halides is 2. The SMILES string of the molecule is Cc1ccc(OCCC(C)c2ccc3c(c2)OC(F)(F)O3)c(C#N)c1. The fraction of sp³-hybridized carbons (Fsp3) is 0.316.